The Morgan fingerprint density at radius 3 is 2.75 bits per heavy atom. The van der Waals surface area contributed by atoms with Crippen LogP contribution >= 0.6 is 0 Å². The number of aryl methyl sites for hydroxylation is 1. The molecule has 0 saturated heterocycles. The lowest BCUT2D eigenvalue weighted by Crippen LogP contribution is -2.06. The molecular weight excluding hydrogens is 256 g/mol. The van der Waals surface area contributed by atoms with Gasteiger partial charge in [0.1, 0.15) is 5.69 Å². The molecular formula is C14H12N4O2. The van der Waals surface area contributed by atoms with E-state index in [1.54, 1.807) is 30.7 Å². The lowest BCUT2D eigenvalue weighted by Gasteiger charge is -2.02. The average molecular weight is 268 g/mol. The van der Waals surface area contributed by atoms with Crippen molar-refractivity contribution in [3.63, 3.8) is 0 Å². The second-order valence-corrected chi connectivity index (χ2v) is 4.40. The molecule has 0 saturated carbocycles. The number of aromatic amines is 1. The molecule has 0 fully saturated rings. The molecule has 20 heavy (non-hydrogen) atoms. The van der Waals surface area contributed by atoms with Crippen molar-refractivity contribution in [2.45, 2.75) is 6.92 Å². The van der Waals surface area contributed by atoms with Crippen molar-refractivity contribution >= 4 is 5.88 Å². The summed E-state index contributed by atoms with van der Waals surface area (Å²) < 4.78 is 5.04. The van der Waals surface area contributed by atoms with Crippen LogP contribution in [0.4, 0.5) is 5.88 Å². The second-order valence-electron chi connectivity index (χ2n) is 4.40. The summed E-state index contributed by atoms with van der Waals surface area (Å²) in [7, 11) is 0. The summed E-state index contributed by atoms with van der Waals surface area (Å²) in [6.45, 7) is 1.81. The van der Waals surface area contributed by atoms with Gasteiger partial charge in [-0.2, -0.15) is 0 Å². The van der Waals surface area contributed by atoms with Crippen molar-refractivity contribution in [1.29, 1.82) is 0 Å². The topological polar surface area (TPSA) is 97.8 Å². The number of rotatable bonds is 2. The van der Waals surface area contributed by atoms with Gasteiger partial charge in [0.15, 0.2) is 5.43 Å². The molecule has 0 aliphatic rings. The van der Waals surface area contributed by atoms with Gasteiger partial charge in [0.2, 0.25) is 5.88 Å². The molecule has 0 radical (unpaired) electrons. The largest absolute Gasteiger partial charge is 0.367 e. The molecule has 6 nitrogen and oxygen atoms in total. The van der Waals surface area contributed by atoms with Gasteiger partial charge in [-0.25, -0.2) is 0 Å². The lowest BCUT2D eigenvalue weighted by molar-refractivity contribution is 0.439. The quantitative estimate of drug-likeness (QED) is 0.740. The summed E-state index contributed by atoms with van der Waals surface area (Å²) in [5.74, 6) is 0.172. The van der Waals surface area contributed by atoms with E-state index in [-0.39, 0.29) is 11.3 Å². The minimum atomic E-state index is -0.134. The molecule has 3 aromatic heterocycles. The Morgan fingerprint density at radius 2 is 2.05 bits per heavy atom. The van der Waals surface area contributed by atoms with E-state index >= 15 is 0 Å². The lowest BCUT2D eigenvalue weighted by atomic mass is 10.0. The fraction of sp³-hybridized carbons (Fsp3) is 0.0714. The number of nitrogen functional groups attached to an aromatic ring is 1. The zero-order valence-electron chi connectivity index (χ0n) is 10.8. The predicted octanol–water partition coefficient (Wildman–Crippen LogP) is 1.98. The smallest absolute Gasteiger partial charge is 0.230 e. The molecule has 0 aliphatic carbocycles. The third-order valence-corrected chi connectivity index (χ3v) is 3.00. The Kier molecular flexibility index (Phi) is 2.83. The van der Waals surface area contributed by atoms with Crippen LogP contribution in [0.2, 0.25) is 0 Å². The minimum Gasteiger partial charge on any atom is -0.367 e. The van der Waals surface area contributed by atoms with Crippen molar-refractivity contribution in [3.05, 3.63) is 52.7 Å². The summed E-state index contributed by atoms with van der Waals surface area (Å²) in [6, 6.07) is 5.08. The van der Waals surface area contributed by atoms with Crippen LogP contribution in [-0.4, -0.2) is 15.1 Å². The van der Waals surface area contributed by atoms with Gasteiger partial charge in [0, 0.05) is 30.4 Å². The zero-order chi connectivity index (χ0) is 14.1. The van der Waals surface area contributed by atoms with Gasteiger partial charge >= 0.3 is 0 Å². The maximum atomic E-state index is 12.1. The van der Waals surface area contributed by atoms with E-state index in [0.717, 1.165) is 11.3 Å². The van der Waals surface area contributed by atoms with Crippen molar-refractivity contribution in [2.24, 2.45) is 0 Å². The Morgan fingerprint density at radius 1 is 1.30 bits per heavy atom. The molecule has 3 N–H and O–H groups in total. The van der Waals surface area contributed by atoms with Gasteiger partial charge in [0.05, 0.1) is 11.1 Å². The number of aromatic nitrogens is 3. The third-order valence-electron chi connectivity index (χ3n) is 3.00. The van der Waals surface area contributed by atoms with Crippen molar-refractivity contribution < 1.29 is 4.52 Å². The predicted molar refractivity (Wildman–Crippen MR) is 74.9 cm³/mol. The highest BCUT2D eigenvalue weighted by molar-refractivity contribution is 5.86. The van der Waals surface area contributed by atoms with E-state index < -0.39 is 0 Å². The van der Waals surface area contributed by atoms with Crippen LogP contribution in [-0.2, 0) is 0 Å². The molecule has 0 unspecified atom stereocenters. The normalized spacial score (nSPS) is 10.7. The van der Waals surface area contributed by atoms with Crippen molar-refractivity contribution in [2.75, 3.05) is 5.73 Å². The van der Waals surface area contributed by atoms with Crippen LogP contribution in [0, 0.1) is 6.92 Å². The number of nitrogens with two attached hydrogens (primary N) is 1. The molecule has 3 aromatic rings. The Hall–Kier alpha value is -2.89. The first-order valence-corrected chi connectivity index (χ1v) is 6.02. The van der Waals surface area contributed by atoms with Gasteiger partial charge in [0.25, 0.3) is 0 Å². The molecule has 0 aromatic carbocycles. The van der Waals surface area contributed by atoms with Crippen LogP contribution in [0.5, 0.6) is 0 Å². The van der Waals surface area contributed by atoms with Crippen LogP contribution < -0.4 is 11.2 Å². The maximum Gasteiger partial charge on any atom is 0.230 e. The molecule has 100 valence electrons. The molecule has 0 atom stereocenters. The highest BCUT2D eigenvalue weighted by Crippen LogP contribution is 2.34. The van der Waals surface area contributed by atoms with Gasteiger partial charge in [-0.1, -0.05) is 5.16 Å². The fourth-order valence-corrected chi connectivity index (χ4v) is 2.04. The molecule has 3 heterocycles. The van der Waals surface area contributed by atoms with E-state index in [0.29, 0.717) is 16.8 Å². The van der Waals surface area contributed by atoms with Gasteiger partial charge in [-0.3, -0.25) is 9.78 Å². The van der Waals surface area contributed by atoms with Crippen LogP contribution in [0.1, 0.15) is 5.69 Å². The summed E-state index contributed by atoms with van der Waals surface area (Å²) >= 11 is 0. The average Bonchev–Trinajstić information content (AvgIpc) is 2.81. The van der Waals surface area contributed by atoms with Crippen LogP contribution in [0.15, 0.2) is 46.1 Å². The number of hydrogen-bond donors (Lipinski definition) is 2. The molecule has 0 spiro atoms. The molecule has 0 bridgehead atoms. The maximum absolute atomic E-state index is 12.1. The molecule has 3 rings (SSSR count). The van der Waals surface area contributed by atoms with E-state index in [1.807, 2.05) is 6.92 Å². The number of hydrogen-bond acceptors (Lipinski definition) is 5. The van der Waals surface area contributed by atoms with E-state index in [9.17, 15) is 4.79 Å². The number of anilines is 1. The monoisotopic (exact) mass is 268 g/mol. The fourth-order valence-electron chi connectivity index (χ4n) is 2.04. The Balaban J connectivity index is 2.24. The number of nitrogens with zero attached hydrogens (tertiary/aromatic N) is 2. The molecule has 6 heteroatoms. The van der Waals surface area contributed by atoms with Crippen molar-refractivity contribution in [1.82, 2.24) is 15.1 Å². The van der Waals surface area contributed by atoms with Gasteiger partial charge in [-0.15, -0.1) is 0 Å². The molecule has 0 aliphatic heterocycles. The van der Waals surface area contributed by atoms with E-state index in [2.05, 4.69) is 15.1 Å². The summed E-state index contributed by atoms with van der Waals surface area (Å²) in [5.41, 5.74) is 8.72. The first kappa shape index (κ1) is 12.2. The van der Waals surface area contributed by atoms with Gasteiger partial charge in [-0.05, 0) is 24.6 Å². The summed E-state index contributed by atoms with van der Waals surface area (Å²) in [4.78, 5) is 19.0. The molecule has 0 amide bonds. The SMILES string of the molecule is Cc1cc(=O)c(-c2noc(N)c2-c2ccncc2)c[nH]1. The van der Waals surface area contributed by atoms with Crippen molar-refractivity contribution in [3.8, 4) is 22.4 Å². The highest BCUT2D eigenvalue weighted by atomic mass is 16.5. The standard InChI is InChI=1S/C14H12N4O2/c1-8-6-11(19)10(7-17-8)13-12(14(15)20-18-13)9-2-4-16-5-3-9/h2-7H,15H2,1H3,(H,17,19). The zero-order valence-corrected chi connectivity index (χ0v) is 10.8. The number of H-pyrrole nitrogens is 1. The Bertz CT molecular complexity index is 806. The third kappa shape index (κ3) is 1.97. The summed E-state index contributed by atoms with van der Waals surface area (Å²) in [6.07, 6.45) is 4.90. The number of nitrogens with one attached hydrogen (secondary N) is 1. The summed E-state index contributed by atoms with van der Waals surface area (Å²) in [5, 5.41) is 3.91. The minimum absolute atomic E-state index is 0.134. The van der Waals surface area contributed by atoms with E-state index in [4.69, 9.17) is 10.3 Å². The van der Waals surface area contributed by atoms with Crippen LogP contribution in [0.3, 0.4) is 0 Å². The first-order chi connectivity index (χ1) is 9.66. The Labute approximate surface area is 114 Å². The second kappa shape index (κ2) is 4.65. The first-order valence-electron chi connectivity index (χ1n) is 6.02. The highest BCUT2D eigenvalue weighted by Gasteiger charge is 2.19. The van der Waals surface area contributed by atoms with E-state index in [1.165, 1.54) is 6.07 Å². The van der Waals surface area contributed by atoms with Crippen LogP contribution in [0.25, 0.3) is 22.4 Å². The number of pyridine rings is 2. The van der Waals surface area contributed by atoms with Gasteiger partial charge < -0.3 is 15.2 Å².